The summed E-state index contributed by atoms with van der Waals surface area (Å²) in [6.45, 7) is 0. The third-order valence-electron chi connectivity index (χ3n) is 1.88. The van der Waals surface area contributed by atoms with Crippen LogP contribution in [0.2, 0.25) is 32.1 Å². The summed E-state index contributed by atoms with van der Waals surface area (Å²) in [5.41, 5.74) is 11.3. The van der Waals surface area contributed by atoms with Crippen molar-refractivity contribution in [3.63, 3.8) is 0 Å². The molecule has 1 aliphatic rings. The van der Waals surface area contributed by atoms with Crippen molar-refractivity contribution in [2.24, 2.45) is 0 Å². The van der Waals surface area contributed by atoms with Crippen molar-refractivity contribution in [3.8, 4) is 0 Å². The molecule has 0 heterocycles. The van der Waals surface area contributed by atoms with Gasteiger partial charge in [-0.3, -0.25) is 0 Å². The van der Waals surface area contributed by atoms with E-state index in [4.69, 9.17) is 9.69 Å². The molecule has 0 nitrogen and oxygen atoms in total. The van der Waals surface area contributed by atoms with E-state index in [0.29, 0.717) is 4.51 Å². The predicted octanol–water partition coefficient (Wildman–Crippen LogP) is 5.06. The molecular weight excluding hydrogens is 258 g/mol. The van der Waals surface area contributed by atoms with Gasteiger partial charge in [-0.25, -0.2) is 0 Å². The van der Waals surface area contributed by atoms with E-state index in [1.807, 2.05) is 0 Å². The van der Waals surface area contributed by atoms with Crippen LogP contribution in [0.4, 0.5) is 0 Å². The molecule has 0 aliphatic heterocycles. The second kappa shape index (κ2) is 1.53. The molecule has 0 fully saturated rings. The Labute approximate surface area is 76.3 Å². The Morgan fingerprint density at radius 1 is 0.917 bits per heavy atom. The van der Waals surface area contributed by atoms with Gasteiger partial charge in [0.2, 0.25) is 0 Å². The Hall–Kier alpha value is 0.393. The Morgan fingerprint density at radius 2 is 1.25 bits per heavy atom. The van der Waals surface area contributed by atoms with Crippen LogP contribution >= 0.6 is 9.69 Å². The molecule has 0 bridgehead atoms. The van der Waals surface area contributed by atoms with E-state index in [2.05, 4.69) is 51.9 Å². The summed E-state index contributed by atoms with van der Waals surface area (Å²) in [5.74, 6) is 0. The van der Waals surface area contributed by atoms with Gasteiger partial charge in [-0.15, -0.1) is 0 Å². The third-order valence-corrected chi connectivity index (χ3v) is 9.38. The molecule has 0 aromatic rings. The Balaban J connectivity index is 3.35. The van der Waals surface area contributed by atoms with Gasteiger partial charge in [0.1, 0.15) is 0 Å². The molecular formula is C10H20ClRh. The minimum absolute atomic E-state index is 0.419. The fourth-order valence-corrected chi connectivity index (χ4v) is 5.41. The van der Waals surface area contributed by atoms with Crippen LogP contribution in [0.15, 0.2) is 24.3 Å². The van der Waals surface area contributed by atoms with E-state index in [1.165, 1.54) is 0 Å². The molecule has 0 spiro atoms. The van der Waals surface area contributed by atoms with Gasteiger partial charge in [0.25, 0.3) is 0 Å². The van der Waals surface area contributed by atoms with Gasteiger partial charge in [0.05, 0.1) is 0 Å². The molecule has 0 N–H and O–H groups in total. The van der Waals surface area contributed by atoms with Crippen molar-refractivity contribution < 1.29 is 10.3 Å². The zero-order chi connectivity index (χ0) is 9.78. The molecule has 0 atom stereocenters. The van der Waals surface area contributed by atoms with Crippen molar-refractivity contribution in [1.29, 1.82) is 0 Å². The van der Waals surface area contributed by atoms with E-state index in [9.17, 15) is 0 Å². The van der Waals surface area contributed by atoms with Gasteiger partial charge in [0.15, 0.2) is 0 Å². The minimum atomic E-state index is -3.48. The van der Waals surface area contributed by atoms with Gasteiger partial charge in [-0.2, -0.15) is 0 Å². The topological polar surface area (TPSA) is 0 Å². The van der Waals surface area contributed by atoms with Crippen LogP contribution in [0.1, 0.15) is 0 Å². The fraction of sp³-hybridized carbons (Fsp3) is 0.600. The van der Waals surface area contributed by atoms with Gasteiger partial charge in [-0.1, -0.05) is 0 Å². The monoisotopic (exact) mass is 278 g/mol. The molecule has 0 aromatic heterocycles. The number of allylic oxidation sites excluding steroid dienone is 4. The molecule has 1 aliphatic carbocycles. The molecule has 12 heavy (non-hydrogen) atoms. The number of hydrogen-bond donors (Lipinski definition) is 0. The molecule has 76 valence electrons. The van der Waals surface area contributed by atoms with Gasteiger partial charge in [0, 0.05) is 0 Å². The molecule has 0 radical (unpaired) electrons. The van der Waals surface area contributed by atoms with Crippen molar-refractivity contribution in [2.75, 3.05) is 0 Å². The van der Waals surface area contributed by atoms with Crippen molar-refractivity contribution in [3.05, 3.63) is 24.3 Å². The Kier molecular flexibility index (Phi) is 1.33. The molecule has 1 rings (SSSR count). The van der Waals surface area contributed by atoms with E-state index in [0.717, 1.165) is 0 Å². The number of hydrogen-bond acceptors (Lipinski definition) is 0. The van der Waals surface area contributed by atoms with Crippen LogP contribution in [0.5, 0.6) is 0 Å². The summed E-state index contributed by atoms with van der Waals surface area (Å²) in [4.78, 5) is 0. The van der Waals surface area contributed by atoms with Gasteiger partial charge < -0.3 is 0 Å². The third kappa shape index (κ3) is 2.44. The number of halogens is 1. The van der Waals surface area contributed by atoms with Gasteiger partial charge in [-0.05, 0) is 0 Å². The first-order valence-electron chi connectivity index (χ1n) is 3.65. The average Bonchev–Trinajstić information content (AvgIpc) is 1.99. The van der Waals surface area contributed by atoms with E-state index in [-0.39, 0.29) is 0 Å². The Bertz CT molecular complexity index is 262. The zero-order valence-corrected chi connectivity index (χ0v) is 11.0. The van der Waals surface area contributed by atoms with Crippen molar-refractivity contribution >= 4 is 9.69 Å². The summed E-state index contributed by atoms with van der Waals surface area (Å²) in [6, 6.07) is 0. The molecule has 0 saturated carbocycles. The zero-order valence-electron chi connectivity index (χ0n) is 8.60. The summed E-state index contributed by atoms with van der Waals surface area (Å²) >= 11 is 0. The first-order valence-corrected chi connectivity index (χ1v) is 14.9. The van der Waals surface area contributed by atoms with E-state index < -0.39 is 10.3 Å². The summed E-state index contributed by atoms with van der Waals surface area (Å²) in [5, 5.41) is 0. The van der Waals surface area contributed by atoms with Crippen LogP contribution in [0.25, 0.3) is 0 Å². The number of rotatable bonds is 1. The van der Waals surface area contributed by atoms with Crippen molar-refractivity contribution in [1.82, 2.24) is 0 Å². The first kappa shape index (κ1) is 10.5. The second-order valence-electron chi connectivity index (χ2n) is 6.18. The quantitative estimate of drug-likeness (QED) is 0.588. The standard InChI is InChI=1S/C5H5.5CH3.ClH.Rh/c1-2-4-5-3-1;;;;;;;/h1-5H;5*1H3;1H;/q;;;;;;;+1/p-1. The SMILES string of the molecule is [CH3][Rh]([CH3])([CH3])([CH3])([CH3])([Cl])[CH]1C=CC=C1. The van der Waals surface area contributed by atoms with E-state index in [1.54, 1.807) is 0 Å². The second-order valence-corrected chi connectivity index (χ2v) is 40.2. The maximum absolute atomic E-state index is 6.97. The van der Waals surface area contributed by atoms with Crippen LogP contribution in [-0.2, 0) is 10.3 Å². The molecule has 0 amide bonds. The molecule has 2 heteroatoms. The van der Waals surface area contributed by atoms with Crippen LogP contribution in [0, 0.1) is 0 Å². The normalized spacial score (nSPS) is 27.7. The summed E-state index contributed by atoms with van der Waals surface area (Å²) < 4.78 is 0.419. The molecule has 0 saturated heterocycles. The first-order chi connectivity index (χ1) is 4.80. The van der Waals surface area contributed by atoms with Crippen LogP contribution in [0.3, 0.4) is 0 Å². The molecule has 0 aromatic carbocycles. The fourth-order valence-electron chi connectivity index (χ4n) is 1.08. The predicted molar refractivity (Wildman–Crippen MR) is 57.2 cm³/mol. The Morgan fingerprint density at radius 3 is 1.42 bits per heavy atom. The summed E-state index contributed by atoms with van der Waals surface area (Å²) in [7, 11) is 3.49. The maximum atomic E-state index is 6.97. The van der Waals surface area contributed by atoms with Crippen LogP contribution in [-0.4, -0.2) is 0 Å². The molecule has 0 unspecified atom stereocenters. The van der Waals surface area contributed by atoms with Crippen molar-refractivity contribution in [2.45, 2.75) is 32.1 Å². The van der Waals surface area contributed by atoms with Crippen LogP contribution < -0.4 is 0 Å². The summed E-state index contributed by atoms with van der Waals surface area (Å²) in [6.07, 6.45) is 8.62. The van der Waals surface area contributed by atoms with Gasteiger partial charge >= 0.3 is 76.4 Å². The van der Waals surface area contributed by atoms with E-state index >= 15 is 0 Å². The average molecular weight is 279 g/mol.